The lowest BCUT2D eigenvalue weighted by Crippen LogP contribution is -2.44. The van der Waals surface area contributed by atoms with Gasteiger partial charge >= 0.3 is 0 Å². The summed E-state index contributed by atoms with van der Waals surface area (Å²) < 4.78 is 0. The number of benzene rings is 1. The van der Waals surface area contributed by atoms with Crippen LogP contribution in [0.3, 0.4) is 0 Å². The SMILES string of the molecule is CCCNC(=O)CN1CCC(Nc2cc(C#N)c3cc([N+](=O)[O-])ccc3n2)CC1. The number of nitro benzene ring substituents is 1. The van der Waals surface area contributed by atoms with Gasteiger partial charge < -0.3 is 10.6 Å². The Morgan fingerprint density at radius 1 is 1.38 bits per heavy atom. The summed E-state index contributed by atoms with van der Waals surface area (Å²) in [6.45, 7) is 4.76. The van der Waals surface area contributed by atoms with Gasteiger partial charge in [0.05, 0.1) is 28.6 Å². The first kappa shape index (κ1) is 20.5. The minimum Gasteiger partial charge on any atom is -0.367 e. The van der Waals surface area contributed by atoms with Crippen molar-refractivity contribution in [3.05, 3.63) is 39.9 Å². The summed E-state index contributed by atoms with van der Waals surface area (Å²) in [5.74, 6) is 0.643. The smallest absolute Gasteiger partial charge is 0.270 e. The summed E-state index contributed by atoms with van der Waals surface area (Å²) in [7, 11) is 0. The fourth-order valence-corrected chi connectivity index (χ4v) is 3.46. The Morgan fingerprint density at radius 3 is 2.79 bits per heavy atom. The van der Waals surface area contributed by atoms with Crippen LogP contribution in [0.15, 0.2) is 24.3 Å². The van der Waals surface area contributed by atoms with Gasteiger partial charge in [-0.3, -0.25) is 19.8 Å². The number of pyridine rings is 1. The molecule has 3 rings (SSSR count). The third kappa shape index (κ3) is 5.18. The number of nitriles is 1. The largest absolute Gasteiger partial charge is 0.367 e. The van der Waals surface area contributed by atoms with Crippen LogP contribution in [-0.2, 0) is 4.79 Å². The fraction of sp³-hybridized carbons (Fsp3) is 0.450. The van der Waals surface area contributed by atoms with Crippen molar-refractivity contribution in [1.29, 1.82) is 5.26 Å². The molecule has 0 aliphatic carbocycles. The van der Waals surface area contributed by atoms with Crippen LogP contribution in [0.2, 0.25) is 0 Å². The van der Waals surface area contributed by atoms with Gasteiger partial charge in [0.25, 0.3) is 5.69 Å². The molecule has 1 aromatic heterocycles. The lowest BCUT2D eigenvalue weighted by atomic mass is 10.0. The van der Waals surface area contributed by atoms with E-state index in [1.807, 2.05) is 6.92 Å². The predicted molar refractivity (Wildman–Crippen MR) is 109 cm³/mol. The van der Waals surface area contributed by atoms with Crippen molar-refractivity contribution in [2.75, 3.05) is 31.5 Å². The molecule has 9 nitrogen and oxygen atoms in total. The number of carbonyl (C=O) groups excluding carboxylic acids is 1. The van der Waals surface area contributed by atoms with Crippen molar-refractivity contribution < 1.29 is 9.72 Å². The van der Waals surface area contributed by atoms with Gasteiger partial charge in [-0.25, -0.2) is 4.98 Å². The molecule has 2 N–H and O–H groups in total. The molecule has 0 spiro atoms. The molecule has 1 fully saturated rings. The van der Waals surface area contributed by atoms with Crippen LogP contribution < -0.4 is 10.6 Å². The summed E-state index contributed by atoms with van der Waals surface area (Å²) in [6.07, 6.45) is 2.65. The number of hydrogen-bond donors (Lipinski definition) is 2. The van der Waals surface area contributed by atoms with Gasteiger partial charge in [0.1, 0.15) is 5.82 Å². The number of rotatable bonds is 7. The zero-order valence-corrected chi connectivity index (χ0v) is 16.4. The highest BCUT2D eigenvalue weighted by atomic mass is 16.6. The number of nitro groups is 1. The van der Waals surface area contributed by atoms with Crippen molar-refractivity contribution in [3.63, 3.8) is 0 Å². The Bertz CT molecular complexity index is 947. The van der Waals surface area contributed by atoms with Gasteiger partial charge in [0.15, 0.2) is 0 Å². The van der Waals surface area contributed by atoms with Crippen LogP contribution in [0.4, 0.5) is 11.5 Å². The molecule has 1 aliphatic rings. The summed E-state index contributed by atoms with van der Waals surface area (Å²) in [5, 5.41) is 27.2. The predicted octanol–water partition coefficient (Wildman–Crippen LogP) is 2.42. The van der Waals surface area contributed by atoms with E-state index in [2.05, 4.69) is 26.6 Å². The topological polar surface area (TPSA) is 124 Å². The zero-order chi connectivity index (χ0) is 20.8. The third-order valence-electron chi connectivity index (χ3n) is 5.00. The summed E-state index contributed by atoms with van der Waals surface area (Å²) in [5.41, 5.74) is 0.834. The molecule has 1 aliphatic heterocycles. The van der Waals surface area contributed by atoms with Gasteiger partial charge in [0, 0.05) is 43.2 Å². The summed E-state index contributed by atoms with van der Waals surface area (Å²) in [4.78, 5) is 29.0. The van der Waals surface area contributed by atoms with Crippen LogP contribution in [0.25, 0.3) is 10.9 Å². The number of fused-ring (bicyclic) bond motifs is 1. The molecule has 0 bridgehead atoms. The normalized spacial score (nSPS) is 15.0. The maximum Gasteiger partial charge on any atom is 0.270 e. The van der Waals surface area contributed by atoms with Crippen molar-refractivity contribution in [2.24, 2.45) is 0 Å². The number of non-ortho nitro benzene ring substituents is 1. The Hall–Kier alpha value is -3.25. The van der Waals surface area contributed by atoms with Crippen LogP contribution in [0.5, 0.6) is 0 Å². The van der Waals surface area contributed by atoms with E-state index in [1.54, 1.807) is 12.1 Å². The van der Waals surface area contributed by atoms with E-state index in [0.717, 1.165) is 32.4 Å². The van der Waals surface area contributed by atoms with Gasteiger partial charge in [0.2, 0.25) is 5.91 Å². The highest BCUT2D eigenvalue weighted by Crippen LogP contribution is 2.26. The van der Waals surface area contributed by atoms with Crippen molar-refractivity contribution in [1.82, 2.24) is 15.2 Å². The van der Waals surface area contributed by atoms with E-state index >= 15 is 0 Å². The molecule has 1 aromatic carbocycles. The number of amides is 1. The average molecular weight is 396 g/mol. The Morgan fingerprint density at radius 2 is 2.14 bits per heavy atom. The van der Waals surface area contributed by atoms with E-state index in [-0.39, 0.29) is 17.6 Å². The highest BCUT2D eigenvalue weighted by molar-refractivity contribution is 5.88. The van der Waals surface area contributed by atoms with Crippen molar-refractivity contribution in [2.45, 2.75) is 32.2 Å². The second-order valence-electron chi connectivity index (χ2n) is 7.17. The van der Waals surface area contributed by atoms with Gasteiger partial charge in [-0.05, 0) is 31.4 Å². The van der Waals surface area contributed by atoms with E-state index in [1.165, 1.54) is 12.1 Å². The average Bonchev–Trinajstić information content (AvgIpc) is 2.72. The first-order chi connectivity index (χ1) is 14.0. The molecule has 0 radical (unpaired) electrons. The number of anilines is 1. The second kappa shape index (κ2) is 9.30. The first-order valence-electron chi connectivity index (χ1n) is 9.75. The van der Waals surface area contributed by atoms with Gasteiger partial charge in [-0.1, -0.05) is 6.92 Å². The van der Waals surface area contributed by atoms with E-state index in [0.29, 0.717) is 35.4 Å². The molecule has 0 saturated carbocycles. The minimum absolute atomic E-state index is 0.0576. The van der Waals surface area contributed by atoms with E-state index < -0.39 is 4.92 Å². The van der Waals surface area contributed by atoms with Crippen LogP contribution in [-0.4, -0.2) is 52.9 Å². The molecule has 1 amide bonds. The molecule has 1 saturated heterocycles. The molecular weight excluding hydrogens is 372 g/mol. The third-order valence-corrected chi connectivity index (χ3v) is 5.00. The molecule has 9 heteroatoms. The van der Waals surface area contributed by atoms with Crippen LogP contribution in [0, 0.1) is 21.4 Å². The minimum atomic E-state index is -0.483. The highest BCUT2D eigenvalue weighted by Gasteiger charge is 2.21. The Kier molecular flexibility index (Phi) is 6.57. The van der Waals surface area contributed by atoms with E-state index in [9.17, 15) is 20.2 Å². The number of piperidine rings is 1. The molecule has 0 unspecified atom stereocenters. The van der Waals surface area contributed by atoms with Gasteiger partial charge in [-0.2, -0.15) is 5.26 Å². The van der Waals surface area contributed by atoms with Crippen molar-refractivity contribution >= 4 is 28.3 Å². The second-order valence-corrected chi connectivity index (χ2v) is 7.17. The van der Waals surface area contributed by atoms with Crippen LogP contribution in [0.1, 0.15) is 31.7 Å². The number of carbonyl (C=O) groups is 1. The fourth-order valence-electron chi connectivity index (χ4n) is 3.46. The molecule has 2 aromatic rings. The maximum absolute atomic E-state index is 11.9. The first-order valence-corrected chi connectivity index (χ1v) is 9.75. The van der Waals surface area contributed by atoms with Crippen molar-refractivity contribution in [3.8, 4) is 6.07 Å². The van der Waals surface area contributed by atoms with E-state index in [4.69, 9.17) is 0 Å². The Balaban J connectivity index is 1.64. The molecule has 29 heavy (non-hydrogen) atoms. The monoisotopic (exact) mass is 396 g/mol. The standard InChI is InChI=1S/C20H24N6O3/c1-2-7-22-20(27)13-25-8-5-15(6-9-25)23-19-10-14(12-21)17-11-16(26(28)29)3-4-18(17)24-19/h3-4,10-11,15H,2,5-9,13H2,1H3,(H,22,27)(H,23,24). The number of aromatic nitrogens is 1. The molecule has 152 valence electrons. The number of likely N-dealkylation sites (tertiary alicyclic amines) is 1. The van der Waals surface area contributed by atoms with Crippen LogP contribution >= 0.6 is 0 Å². The lowest BCUT2D eigenvalue weighted by Gasteiger charge is -2.32. The molecule has 0 atom stereocenters. The quantitative estimate of drug-likeness (QED) is 0.544. The Labute approximate surface area is 168 Å². The van der Waals surface area contributed by atoms with Gasteiger partial charge in [-0.15, -0.1) is 0 Å². The zero-order valence-electron chi connectivity index (χ0n) is 16.4. The molecule has 2 heterocycles. The number of hydrogen-bond acceptors (Lipinski definition) is 7. The lowest BCUT2D eigenvalue weighted by molar-refractivity contribution is -0.384. The maximum atomic E-state index is 11.9. The summed E-state index contributed by atoms with van der Waals surface area (Å²) in [6, 6.07) is 8.27. The number of nitrogens with zero attached hydrogens (tertiary/aromatic N) is 4. The number of nitrogens with one attached hydrogen (secondary N) is 2. The summed E-state index contributed by atoms with van der Waals surface area (Å²) >= 11 is 0. The molecular formula is C20H24N6O3.